The molecule has 0 fully saturated rings. The van der Waals surface area contributed by atoms with Gasteiger partial charge in [0, 0.05) is 17.7 Å². The molecule has 0 atom stereocenters. The molecule has 1 N–H and O–H groups in total. The van der Waals surface area contributed by atoms with Crippen molar-refractivity contribution in [2.75, 3.05) is 11.9 Å². The van der Waals surface area contributed by atoms with Crippen LogP contribution in [0.15, 0.2) is 30.3 Å². The van der Waals surface area contributed by atoms with E-state index in [0.717, 1.165) is 24.1 Å². The van der Waals surface area contributed by atoms with Crippen LogP contribution in [-0.2, 0) is 14.3 Å². The van der Waals surface area contributed by atoms with Crippen LogP contribution in [0.4, 0.5) is 5.69 Å². The SMILES string of the molecule is CCOC(=O)/C=C/c1ccc(NC(=O)C(CC)CC)cc1. The molecule has 1 aromatic rings. The number of nitrogens with one attached hydrogen (secondary N) is 1. The molecule has 0 bridgehead atoms. The highest BCUT2D eigenvalue weighted by Gasteiger charge is 2.13. The van der Waals surface area contributed by atoms with Gasteiger partial charge in [0.15, 0.2) is 0 Å². The van der Waals surface area contributed by atoms with E-state index in [1.165, 1.54) is 6.08 Å². The maximum atomic E-state index is 12.0. The average molecular weight is 289 g/mol. The summed E-state index contributed by atoms with van der Waals surface area (Å²) in [5, 5.41) is 2.90. The summed E-state index contributed by atoms with van der Waals surface area (Å²) in [4.78, 5) is 23.2. The number of carbonyl (C=O) groups is 2. The largest absolute Gasteiger partial charge is 0.463 e. The summed E-state index contributed by atoms with van der Waals surface area (Å²) < 4.78 is 4.81. The van der Waals surface area contributed by atoms with Crippen LogP contribution in [0.3, 0.4) is 0 Å². The molecule has 0 spiro atoms. The minimum absolute atomic E-state index is 0.0494. The van der Waals surface area contributed by atoms with Crippen molar-refractivity contribution in [3.05, 3.63) is 35.9 Å². The fourth-order valence-electron chi connectivity index (χ4n) is 1.94. The van der Waals surface area contributed by atoms with Gasteiger partial charge < -0.3 is 10.1 Å². The Morgan fingerprint density at radius 2 is 1.76 bits per heavy atom. The predicted octanol–water partition coefficient (Wildman–Crippen LogP) is 3.64. The van der Waals surface area contributed by atoms with E-state index < -0.39 is 0 Å². The number of esters is 1. The number of amides is 1. The molecule has 1 aromatic carbocycles. The lowest BCUT2D eigenvalue weighted by molar-refractivity contribution is -0.137. The van der Waals surface area contributed by atoms with E-state index >= 15 is 0 Å². The number of ether oxygens (including phenoxy) is 1. The molecule has 0 heterocycles. The first-order valence-corrected chi connectivity index (χ1v) is 7.36. The summed E-state index contributed by atoms with van der Waals surface area (Å²) in [7, 11) is 0. The summed E-state index contributed by atoms with van der Waals surface area (Å²) in [6.45, 7) is 6.15. The third kappa shape index (κ3) is 5.81. The topological polar surface area (TPSA) is 55.4 Å². The molecular weight excluding hydrogens is 266 g/mol. The van der Waals surface area contributed by atoms with Crippen molar-refractivity contribution in [3.63, 3.8) is 0 Å². The Hall–Kier alpha value is -2.10. The molecule has 0 aromatic heterocycles. The van der Waals surface area contributed by atoms with Gasteiger partial charge in [0.25, 0.3) is 0 Å². The van der Waals surface area contributed by atoms with E-state index in [9.17, 15) is 9.59 Å². The van der Waals surface area contributed by atoms with Crippen LogP contribution in [0.2, 0.25) is 0 Å². The van der Waals surface area contributed by atoms with Gasteiger partial charge >= 0.3 is 5.97 Å². The summed E-state index contributed by atoms with van der Waals surface area (Å²) in [6, 6.07) is 7.34. The molecule has 0 aliphatic carbocycles. The zero-order valence-corrected chi connectivity index (χ0v) is 12.9. The monoisotopic (exact) mass is 289 g/mol. The van der Waals surface area contributed by atoms with Crippen molar-refractivity contribution >= 4 is 23.6 Å². The first-order chi connectivity index (χ1) is 10.1. The van der Waals surface area contributed by atoms with E-state index in [4.69, 9.17) is 4.74 Å². The van der Waals surface area contributed by atoms with Crippen molar-refractivity contribution in [2.24, 2.45) is 5.92 Å². The fourth-order valence-corrected chi connectivity index (χ4v) is 1.94. The van der Waals surface area contributed by atoms with Gasteiger partial charge in [0.2, 0.25) is 5.91 Å². The van der Waals surface area contributed by atoms with Crippen LogP contribution in [0.25, 0.3) is 6.08 Å². The van der Waals surface area contributed by atoms with Crippen LogP contribution in [-0.4, -0.2) is 18.5 Å². The Balaban J connectivity index is 2.62. The number of benzene rings is 1. The van der Waals surface area contributed by atoms with Crippen molar-refractivity contribution in [1.29, 1.82) is 0 Å². The maximum Gasteiger partial charge on any atom is 0.330 e. The molecule has 0 radical (unpaired) electrons. The second-order valence-electron chi connectivity index (χ2n) is 4.71. The fraction of sp³-hybridized carbons (Fsp3) is 0.412. The van der Waals surface area contributed by atoms with Crippen molar-refractivity contribution < 1.29 is 14.3 Å². The van der Waals surface area contributed by atoms with E-state index in [1.54, 1.807) is 13.0 Å². The Bertz CT molecular complexity index is 487. The maximum absolute atomic E-state index is 12.0. The van der Waals surface area contributed by atoms with Crippen LogP contribution in [0.5, 0.6) is 0 Å². The average Bonchev–Trinajstić information content (AvgIpc) is 2.48. The van der Waals surface area contributed by atoms with Crippen molar-refractivity contribution in [3.8, 4) is 0 Å². The number of hydrogen-bond acceptors (Lipinski definition) is 3. The van der Waals surface area contributed by atoms with Gasteiger partial charge in [-0.3, -0.25) is 4.79 Å². The number of rotatable bonds is 7. The number of anilines is 1. The van der Waals surface area contributed by atoms with E-state index in [2.05, 4.69) is 5.32 Å². The molecule has 4 nitrogen and oxygen atoms in total. The summed E-state index contributed by atoms with van der Waals surface area (Å²) in [5.41, 5.74) is 1.64. The zero-order valence-electron chi connectivity index (χ0n) is 12.9. The molecule has 0 aliphatic heterocycles. The highest BCUT2D eigenvalue weighted by atomic mass is 16.5. The van der Waals surface area contributed by atoms with Gasteiger partial charge in [-0.15, -0.1) is 0 Å². The van der Waals surface area contributed by atoms with Gasteiger partial charge in [0.05, 0.1) is 6.61 Å². The molecule has 1 amide bonds. The molecule has 0 saturated heterocycles. The summed E-state index contributed by atoms with van der Waals surface area (Å²) in [6.07, 6.45) is 4.75. The van der Waals surface area contributed by atoms with Gasteiger partial charge in [-0.2, -0.15) is 0 Å². The van der Waals surface area contributed by atoms with Crippen LogP contribution in [0.1, 0.15) is 39.2 Å². The number of hydrogen-bond donors (Lipinski definition) is 1. The smallest absolute Gasteiger partial charge is 0.330 e. The van der Waals surface area contributed by atoms with Gasteiger partial charge in [-0.05, 0) is 43.5 Å². The standard InChI is InChI=1S/C17H23NO3/c1-4-14(5-2)17(20)18-15-10-7-13(8-11-15)9-12-16(19)21-6-3/h7-12,14H,4-6H2,1-3H3,(H,18,20)/b12-9+. The molecule has 21 heavy (non-hydrogen) atoms. The molecule has 4 heteroatoms. The quantitative estimate of drug-likeness (QED) is 0.616. The third-order valence-electron chi connectivity index (χ3n) is 3.23. The highest BCUT2D eigenvalue weighted by Crippen LogP contribution is 2.15. The minimum Gasteiger partial charge on any atom is -0.463 e. The molecule has 0 saturated carbocycles. The molecular formula is C17H23NO3. The Morgan fingerprint density at radius 3 is 2.29 bits per heavy atom. The number of carbonyl (C=O) groups excluding carboxylic acids is 2. The van der Waals surface area contributed by atoms with Gasteiger partial charge in [-0.25, -0.2) is 4.79 Å². The third-order valence-corrected chi connectivity index (χ3v) is 3.23. The zero-order chi connectivity index (χ0) is 15.7. The molecule has 0 unspecified atom stereocenters. The Kier molecular flexibility index (Phi) is 7.23. The van der Waals surface area contributed by atoms with Gasteiger partial charge in [-0.1, -0.05) is 26.0 Å². The van der Waals surface area contributed by atoms with Crippen molar-refractivity contribution in [2.45, 2.75) is 33.6 Å². The molecule has 114 valence electrons. The summed E-state index contributed by atoms with van der Waals surface area (Å²) >= 11 is 0. The van der Waals surface area contributed by atoms with E-state index in [1.807, 2.05) is 38.1 Å². The van der Waals surface area contributed by atoms with Crippen LogP contribution in [0, 0.1) is 5.92 Å². The second kappa shape index (κ2) is 8.95. The summed E-state index contributed by atoms with van der Waals surface area (Å²) in [5.74, 6) is -0.258. The lowest BCUT2D eigenvalue weighted by atomic mass is 10.0. The van der Waals surface area contributed by atoms with Crippen LogP contribution < -0.4 is 5.32 Å². The Labute approximate surface area is 126 Å². The first-order valence-electron chi connectivity index (χ1n) is 7.36. The molecule has 0 aliphatic rings. The lowest BCUT2D eigenvalue weighted by Crippen LogP contribution is -2.21. The lowest BCUT2D eigenvalue weighted by Gasteiger charge is -2.12. The molecule has 1 rings (SSSR count). The van der Waals surface area contributed by atoms with E-state index in [0.29, 0.717) is 6.61 Å². The van der Waals surface area contributed by atoms with Crippen LogP contribution >= 0.6 is 0 Å². The predicted molar refractivity (Wildman–Crippen MR) is 84.8 cm³/mol. The first kappa shape index (κ1) is 17.0. The highest BCUT2D eigenvalue weighted by molar-refractivity contribution is 5.92. The minimum atomic E-state index is -0.358. The van der Waals surface area contributed by atoms with Crippen molar-refractivity contribution in [1.82, 2.24) is 0 Å². The second-order valence-corrected chi connectivity index (χ2v) is 4.71. The van der Waals surface area contributed by atoms with E-state index in [-0.39, 0.29) is 17.8 Å². The normalized spacial score (nSPS) is 10.9. The van der Waals surface area contributed by atoms with Gasteiger partial charge in [0.1, 0.15) is 0 Å². The Morgan fingerprint density at radius 1 is 1.14 bits per heavy atom.